The van der Waals surface area contributed by atoms with Crippen LogP contribution in [-0.4, -0.2) is 40.7 Å². The molecular weight excluding hydrogens is 500 g/mol. The SMILES string of the molecule is CCN(CC)CCOc1ccc(-n2c(=O)oc3ccc(C#Cc4c(N)ncc5ccc(Cl)cc45)cc32)cc1. The van der Waals surface area contributed by atoms with Crippen molar-refractivity contribution in [3.8, 4) is 23.3 Å². The number of oxazole rings is 1. The highest BCUT2D eigenvalue weighted by Crippen LogP contribution is 2.25. The predicted octanol–water partition coefficient (Wildman–Crippen LogP) is 5.49. The van der Waals surface area contributed by atoms with E-state index < -0.39 is 5.76 Å². The molecule has 0 saturated carbocycles. The van der Waals surface area contributed by atoms with Gasteiger partial charge in [0.25, 0.3) is 0 Å². The van der Waals surface area contributed by atoms with E-state index in [9.17, 15) is 4.79 Å². The minimum atomic E-state index is -0.475. The average Bonchev–Trinajstić information content (AvgIpc) is 3.26. The third-order valence-electron chi connectivity index (χ3n) is 6.46. The predicted molar refractivity (Wildman–Crippen MR) is 152 cm³/mol. The number of hydrogen-bond acceptors (Lipinski definition) is 6. The number of pyridine rings is 1. The van der Waals surface area contributed by atoms with Crippen LogP contribution < -0.4 is 16.2 Å². The van der Waals surface area contributed by atoms with Gasteiger partial charge in [-0.3, -0.25) is 0 Å². The summed E-state index contributed by atoms with van der Waals surface area (Å²) in [5, 5.41) is 2.32. The fraction of sp³-hybridized carbons (Fsp3) is 0.200. The number of hydrogen-bond donors (Lipinski definition) is 1. The molecule has 0 aliphatic rings. The van der Waals surface area contributed by atoms with Crippen molar-refractivity contribution in [2.45, 2.75) is 13.8 Å². The maximum Gasteiger partial charge on any atom is 0.424 e. The number of halogens is 1. The van der Waals surface area contributed by atoms with Gasteiger partial charge in [-0.1, -0.05) is 43.4 Å². The number of fused-ring (bicyclic) bond motifs is 2. The van der Waals surface area contributed by atoms with Gasteiger partial charge in [0.2, 0.25) is 0 Å². The second kappa shape index (κ2) is 11.0. The van der Waals surface area contributed by atoms with Crippen molar-refractivity contribution >= 4 is 39.3 Å². The van der Waals surface area contributed by atoms with Crippen molar-refractivity contribution < 1.29 is 9.15 Å². The molecule has 0 unspecified atom stereocenters. The van der Waals surface area contributed by atoms with E-state index in [4.69, 9.17) is 26.5 Å². The van der Waals surface area contributed by atoms with E-state index in [1.165, 1.54) is 4.57 Å². The zero-order valence-corrected chi connectivity index (χ0v) is 22.0. The van der Waals surface area contributed by atoms with Gasteiger partial charge in [0.05, 0.1) is 16.8 Å². The van der Waals surface area contributed by atoms with Crippen LogP contribution in [-0.2, 0) is 0 Å². The Morgan fingerprint density at radius 1 is 1.05 bits per heavy atom. The maximum absolute atomic E-state index is 12.7. The van der Waals surface area contributed by atoms with Gasteiger partial charge in [0, 0.05) is 34.1 Å². The first kappa shape index (κ1) is 25.4. The first-order valence-electron chi connectivity index (χ1n) is 12.4. The fourth-order valence-corrected chi connectivity index (χ4v) is 4.50. The molecule has 192 valence electrons. The molecule has 0 bridgehead atoms. The molecule has 0 spiro atoms. The molecule has 0 aliphatic heterocycles. The van der Waals surface area contributed by atoms with Crippen molar-refractivity contribution in [2.24, 2.45) is 0 Å². The summed E-state index contributed by atoms with van der Waals surface area (Å²) in [5.41, 5.74) is 9.19. The van der Waals surface area contributed by atoms with Gasteiger partial charge < -0.3 is 19.8 Å². The molecule has 2 heterocycles. The number of ether oxygens (including phenoxy) is 1. The van der Waals surface area contributed by atoms with Gasteiger partial charge in [-0.15, -0.1) is 0 Å². The Hall–Kier alpha value is -4.25. The number of aromatic nitrogens is 2. The van der Waals surface area contributed by atoms with E-state index in [1.807, 2.05) is 42.5 Å². The van der Waals surface area contributed by atoms with Gasteiger partial charge in [0.15, 0.2) is 5.58 Å². The summed E-state index contributed by atoms with van der Waals surface area (Å²) in [4.78, 5) is 19.3. The summed E-state index contributed by atoms with van der Waals surface area (Å²) in [6.45, 7) is 7.70. The minimum Gasteiger partial charge on any atom is -0.492 e. The van der Waals surface area contributed by atoms with Crippen LogP contribution in [0.1, 0.15) is 25.0 Å². The molecule has 8 heteroatoms. The lowest BCUT2D eigenvalue weighted by Gasteiger charge is -2.18. The summed E-state index contributed by atoms with van der Waals surface area (Å²) in [6, 6.07) is 18.3. The van der Waals surface area contributed by atoms with Crippen molar-refractivity contribution in [2.75, 3.05) is 32.0 Å². The van der Waals surface area contributed by atoms with Crippen LogP contribution in [0, 0.1) is 11.8 Å². The third kappa shape index (κ3) is 5.23. The summed E-state index contributed by atoms with van der Waals surface area (Å²) < 4.78 is 12.9. The van der Waals surface area contributed by atoms with Crippen molar-refractivity contribution in [3.63, 3.8) is 0 Å². The molecule has 5 aromatic rings. The number of nitrogens with two attached hydrogens (primary N) is 1. The largest absolute Gasteiger partial charge is 0.492 e. The van der Waals surface area contributed by atoms with E-state index in [0.29, 0.717) is 45.4 Å². The molecule has 0 aliphatic carbocycles. The lowest BCUT2D eigenvalue weighted by atomic mass is 10.1. The van der Waals surface area contributed by atoms with Gasteiger partial charge in [-0.2, -0.15) is 0 Å². The molecule has 7 nitrogen and oxygen atoms in total. The number of anilines is 1. The van der Waals surface area contributed by atoms with Crippen LogP contribution in [0.3, 0.4) is 0 Å². The van der Waals surface area contributed by atoms with Crippen molar-refractivity contribution in [1.29, 1.82) is 0 Å². The number of likely N-dealkylation sites (N-methyl/N-ethyl adjacent to an activating group) is 1. The van der Waals surface area contributed by atoms with Gasteiger partial charge in [-0.25, -0.2) is 14.3 Å². The van der Waals surface area contributed by atoms with E-state index in [2.05, 4.69) is 35.6 Å². The number of benzene rings is 3. The summed E-state index contributed by atoms with van der Waals surface area (Å²) >= 11 is 6.20. The maximum atomic E-state index is 12.7. The Morgan fingerprint density at radius 2 is 1.84 bits per heavy atom. The van der Waals surface area contributed by atoms with Crippen LogP contribution in [0.5, 0.6) is 5.75 Å². The molecule has 2 aromatic heterocycles. The second-order valence-electron chi connectivity index (χ2n) is 8.76. The lowest BCUT2D eigenvalue weighted by Crippen LogP contribution is -2.27. The quantitative estimate of drug-likeness (QED) is 0.282. The fourth-order valence-electron chi connectivity index (χ4n) is 4.33. The molecule has 0 saturated heterocycles. The van der Waals surface area contributed by atoms with Crippen LogP contribution in [0.25, 0.3) is 27.6 Å². The lowest BCUT2D eigenvalue weighted by molar-refractivity contribution is 0.223. The minimum absolute atomic E-state index is 0.327. The molecule has 0 fully saturated rings. The normalized spacial score (nSPS) is 11.2. The smallest absolute Gasteiger partial charge is 0.424 e. The van der Waals surface area contributed by atoms with Crippen LogP contribution in [0.4, 0.5) is 5.82 Å². The molecule has 0 amide bonds. The molecule has 38 heavy (non-hydrogen) atoms. The van der Waals surface area contributed by atoms with Crippen molar-refractivity contribution in [1.82, 2.24) is 14.5 Å². The van der Waals surface area contributed by atoms with Crippen molar-refractivity contribution in [3.05, 3.63) is 93.6 Å². The highest BCUT2D eigenvalue weighted by molar-refractivity contribution is 6.31. The molecule has 0 atom stereocenters. The molecule has 5 rings (SSSR count). The van der Waals surface area contributed by atoms with E-state index in [1.54, 1.807) is 24.4 Å². The van der Waals surface area contributed by atoms with E-state index >= 15 is 0 Å². The standard InChI is InChI=1S/C30H27ClN4O3/c1-3-34(4-2)15-16-37-24-11-9-23(10-12-24)35-27-17-20(6-14-28(27)38-30(35)36)5-13-25-26-18-22(31)8-7-21(26)19-33-29(25)32/h6-12,14,17-19H,3-4,15-16H2,1-2H3,(H2,32,33). The Bertz CT molecular complexity index is 1720. The Labute approximate surface area is 225 Å². The first-order chi connectivity index (χ1) is 18.5. The zero-order chi connectivity index (χ0) is 26.6. The molecule has 0 radical (unpaired) electrons. The van der Waals surface area contributed by atoms with Crippen LogP contribution in [0.2, 0.25) is 5.02 Å². The third-order valence-corrected chi connectivity index (χ3v) is 6.70. The molecular formula is C30H27ClN4O3. The molecule has 3 aromatic carbocycles. The highest BCUT2D eigenvalue weighted by Gasteiger charge is 2.12. The van der Waals surface area contributed by atoms with Crippen LogP contribution in [0.15, 0.2) is 76.1 Å². The zero-order valence-electron chi connectivity index (χ0n) is 21.2. The van der Waals surface area contributed by atoms with E-state index in [-0.39, 0.29) is 0 Å². The Balaban J connectivity index is 1.44. The van der Waals surface area contributed by atoms with Gasteiger partial charge in [-0.05, 0) is 67.7 Å². The number of rotatable bonds is 7. The second-order valence-corrected chi connectivity index (χ2v) is 9.19. The molecule has 2 N–H and O–H groups in total. The monoisotopic (exact) mass is 526 g/mol. The summed E-state index contributed by atoms with van der Waals surface area (Å²) in [7, 11) is 0. The topological polar surface area (TPSA) is 86.5 Å². The highest BCUT2D eigenvalue weighted by atomic mass is 35.5. The van der Waals surface area contributed by atoms with Gasteiger partial charge >= 0.3 is 5.76 Å². The Morgan fingerprint density at radius 3 is 2.61 bits per heavy atom. The number of nitrogen functional groups attached to an aromatic ring is 1. The summed E-state index contributed by atoms with van der Waals surface area (Å²) in [5.74, 6) is 6.89. The average molecular weight is 527 g/mol. The van der Waals surface area contributed by atoms with Crippen LogP contribution >= 0.6 is 11.6 Å². The van der Waals surface area contributed by atoms with Gasteiger partial charge in [0.1, 0.15) is 18.2 Å². The first-order valence-corrected chi connectivity index (χ1v) is 12.8. The Kier molecular flexibility index (Phi) is 7.36. The summed E-state index contributed by atoms with van der Waals surface area (Å²) in [6.07, 6.45) is 1.70. The number of nitrogens with zero attached hydrogens (tertiary/aromatic N) is 3. The van der Waals surface area contributed by atoms with E-state index in [0.717, 1.165) is 36.2 Å².